The van der Waals surface area contributed by atoms with E-state index in [0.29, 0.717) is 6.04 Å². The van der Waals surface area contributed by atoms with Gasteiger partial charge in [-0.1, -0.05) is 25.7 Å². The van der Waals surface area contributed by atoms with Crippen molar-refractivity contribution in [2.24, 2.45) is 11.7 Å². The van der Waals surface area contributed by atoms with Gasteiger partial charge in [0.25, 0.3) is 0 Å². The van der Waals surface area contributed by atoms with Gasteiger partial charge in [0.05, 0.1) is 0 Å². The van der Waals surface area contributed by atoms with E-state index in [1.807, 2.05) is 0 Å². The molecule has 2 aliphatic rings. The van der Waals surface area contributed by atoms with E-state index < -0.39 is 0 Å². The lowest BCUT2D eigenvalue weighted by molar-refractivity contribution is 0.0790. The van der Waals surface area contributed by atoms with Gasteiger partial charge in [-0.25, -0.2) is 0 Å². The molecule has 0 aromatic heterocycles. The first-order valence-corrected chi connectivity index (χ1v) is 7.44. The van der Waals surface area contributed by atoms with Gasteiger partial charge in [-0.3, -0.25) is 4.90 Å². The minimum atomic E-state index is 0.654. The highest BCUT2D eigenvalue weighted by Gasteiger charge is 2.28. The Morgan fingerprint density at radius 1 is 1.00 bits per heavy atom. The fraction of sp³-hybridized carbons (Fsp3) is 1.00. The minimum absolute atomic E-state index is 0.654. The highest BCUT2D eigenvalue weighted by Crippen LogP contribution is 2.28. The molecule has 1 saturated carbocycles. The topological polar surface area (TPSA) is 32.5 Å². The van der Waals surface area contributed by atoms with Crippen LogP contribution in [0.15, 0.2) is 0 Å². The Morgan fingerprint density at radius 3 is 2.12 bits per heavy atom. The van der Waals surface area contributed by atoms with Crippen molar-refractivity contribution < 1.29 is 0 Å². The molecule has 2 rings (SSSR count). The molecule has 0 radical (unpaired) electrons. The van der Waals surface area contributed by atoms with Crippen LogP contribution < -0.4 is 5.73 Å². The van der Waals surface area contributed by atoms with Crippen molar-refractivity contribution in [3.63, 3.8) is 0 Å². The second-order valence-corrected chi connectivity index (χ2v) is 5.89. The minimum Gasteiger partial charge on any atom is -0.329 e. The van der Waals surface area contributed by atoms with Gasteiger partial charge in [0.2, 0.25) is 0 Å². The van der Waals surface area contributed by atoms with Crippen LogP contribution >= 0.6 is 0 Å². The average molecular weight is 239 g/mol. The van der Waals surface area contributed by atoms with Crippen molar-refractivity contribution in [2.45, 2.75) is 44.6 Å². The van der Waals surface area contributed by atoms with Gasteiger partial charge < -0.3 is 10.6 Å². The summed E-state index contributed by atoms with van der Waals surface area (Å²) in [5.74, 6) is 0.867. The van der Waals surface area contributed by atoms with Gasteiger partial charge >= 0.3 is 0 Å². The Kier molecular flexibility index (Phi) is 5.26. The number of nitrogens with zero attached hydrogens (tertiary/aromatic N) is 2. The molecule has 2 fully saturated rings. The van der Waals surface area contributed by atoms with Crippen LogP contribution in [0, 0.1) is 5.92 Å². The summed E-state index contributed by atoms with van der Waals surface area (Å²) in [5, 5.41) is 0. The average Bonchev–Trinajstić information content (AvgIpc) is 2.62. The van der Waals surface area contributed by atoms with Gasteiger partial charge in [-0.15, -0.1) is 0 Å². The van der Waals surface area contributed by atoms with Gasteiger partial charge in [-0.05, 0) is 25.8 Å². The first-order chi connectivity index (χ1) is 8.31. The van der Waals surface area contributed by atoms with Crippen molar-refractivity contribution in [1.82, 2.24) is 9.80 Å². The van der Waals surface area contributed by atoms with E-state index in [1.54, 1.807) is 0 Å². The summed E-state index contributed by atoms with van der Waals surface area (Å²) in [7, 11) is 2.22. The second-order valence-electron chi connectivity index (χ2n) is 5.89. The number of piperazine rings is 1. The number of likely N-dealkylation sites (N-methyl/N-ethyl adjacent to an activating group) is 1. The van der Waals surface area contributed by atoms with E-state index in [4.69, 9.17) is 5.73 Å². The van der Waals surface area contributed by atoms with Crippen LogP contribution in [0.1, 0.15) is 38.5 Å². The van der Waals surface area contributed by atoms with Crippen molar-refractivity contribution in [1.29, 1.82) is 0 Å². The first-order valence-electron chi connectivity index (χ1n) is 7.44. The predicted octanol–water partition coefficient (Wildman–Crippen LogP) is 1.53. The molecule has 1 aliphatic heterocycles. The summed E-state index contributed by atoms with van der Waals surface area (Å²) in [6.07, 6.45) is 8.55. The lowest BCUT2D eigenvalue weighted by atomic mass is 9.90. The zero-order valence-corrected chi connectivity index (χ0v) is 11.4. The number of rotatable bonds is 3. The molecule has 1 atom stereocenters. The molecule has 100 valence electrons. The summed E-state index contributed by atoms with van der Waals surface area (Å²) in [5.41, 5.74) is 6.06. The molecule has 2 N–H and O–H groups in total. The molecule has 0 bridgehead atoms. The maximum atomic E-state index is 6.06. The first kappa shape index (κ1) is 13.3. The molecule has 0 spiro atoms. The van der Waals surface area contributed by atoms with E-state index in [1.165, 1.54) is 64.7 Å². The summed E-state index contributed by atoms with van der Waals surface area (Å²) >= 11 is 0. The zero-order valence-electron chi connectivity index (χ0n) is 11.4. The highest BCUT2D eigenvalue weighted by molar-refractivity contribution is 4.84. The lowest BCUT2D eigenvalue weighted by Gasteiger charge is -2.41. The van der Waals surface area contributed by atoms with Crippen LogP contribution in [-0.4, -0.2) is 55.6 Å². The van der Waals surface area contributed by atoms with E-state index in [9.17, 15) is 0 Å². The molecule has 3 heteroatoms. The predicted molar refractivity (Wildman–Crippen MR) is 73.1 cm³/mol. The SMILES string of the molecule is CN1CCN(C(CN)C2CCCCCC2)CC1. The number of nitrogens with two attached hydrogens (primary N) is 1. The Hall–Kier alpha value is -0.120. The zero-order chi connectivity index (χ0) is 12.1. The Labute approximate surface area is 106 Å². The number of hydrogen-bond acceptors (Lipinski definition) is 3. The fourth-order valence-corrected chi connectivity index (χ4v) is 3.49. The largest absolute Gasteiger partial charge is 0.329 e. The van der Waals surface area contributed by atoms with Crippen LogP contribution in [0.25, 0.3) is 0 Å². The summed E-state index contributed by atoms with van der Waals surface area (Å²) in [6, 6.07) is 0.654. The molecule has 0 aromatic rings. The molecule has 3 nitrogen and oxygen atoms in total. The molecule has 0 amide bonds. The summed E-state index contributed by atoms with van der Waals surface area (Å²) in [6.45, 7) is 5.71. The molecule has 0 aromatic carbocycles. The molecule has 17 heavy (non-hydrogen) atoms. The quantitative estimate of drug-likeness (QED) is 0.758. The third-order valence-corrected chi connectivity index (χ3v) is 4.69. The molecular formula is C14H29N3. The maximum Gasteiger partial charge on any atom is 0.0247 e. The Morgan fingerprint density at radius 2 is 1.59 bits per heavy atom. The summed E-state index contributed by atoms with van der Waals surface area (Å²) in [4.78, 5) is 5.09. The van der Waals surface area contributed by atoms with Gasteiger partial charge in [0.1, 0.15) is 0 Å². The molecule has 1 unspecified atom stereocenters. The van der Waals surface area contributed by atoms with Crippen LogP contribution in [0.2, 0.25) is 0 Å². The third-order valence-electron chi connectivity index (χ3n) is 4.69. The van der Waals surface area contributed by atoms with Gasteiger partial charge in [0.15, 0.2) is 0 Å². The van der Waals surface area contributed by atoms with Gasteiger partial charge in [-0.2, -0.15) is 0 Å². The maximum absolute atomic E-state index is 6.06. The van der Waals surface area contributed by atoms with E-state index in [2.05, 4.69) is 16.8 Å². The van der Waals surface area contributed by atoms with Crippen molar-refractivity contribution >= 4 is 0 Å². The van der Waals surface area contributed by atoms with Crippen LogP contribution in [0.3, 0.4) is 0 Å². The van der Waals surface area contributed by atoms with Crippen LogP contribution in [-0.2, 0) is 0 Å². The Balaban J connectivity index is 1.89. The third kappa shape index (κ3) is 3.67. The van der Waals surface area contributed by atoms with E-state index in [-0.39, 0.29) is 0 Å². The number of hydrogen-bond donors (Lipinski definition) is 1. The van der Waals surface area contributed by atoms with Crippen molar-refractivity contribution in [2.75, 3.05) is 39.8 Å². The molecule has 1 heterocycles. The molecule has 1 saturated heterocycles. The molecular weight excluding hydrogens is 210 g/mol. The van der Waals surface area contributed by atoms with Crippen LogP contribution in [0.4, 0.5) is 0 Å². The highest BCUT2D eigenvalue weighted by atomic mass is 15.3. The standard InChI is InChI=1S/C14H29N3/c1-16-8-10-17(11-9-16)14(12-15)13-6-4-2-3-5-7-13/h13-14H,2-12,15H2,1H3. The molecule has 1 aliphatic carbocycles. The lowest BCUT2D eigenvalue weighted by Crippen LogP contribution is -2.53. The fourth-order valence-electron chi connectivity index (χ4n) is 3.49. The summed E-state index contributed by atoms with van der Waals surface area (Å²) < 4.78 is 0. The Bertz CT molecular complexity index is 204. The normalized spacial score (nSPS) is 27.9. The van der Waals surface area contributed by atoms with Gasteiger partial charge in [0, 0.05) is 38.8 Å². The van der Waals surface area contributed by atoms with E-state index >= 15 is 0 Å². The second kappa shape index (κ2) is 6.72. The van der Waals surface area contributed by atoms with E-state index in [0.717, 1.165) is 12.5 Å². The smallest absolute Gasteiger partial charge is 0.0247 e. The monoisotopic (exact) mass is 239 g/mol. The van der Waals surface area contributed by atoms with Crippen molar-refractivity contribution in [3.05, 3.63) is 0 Å². The van der Waals surface area contributed by atoms with Crippen LogP contribution in [0.5, 0.6) is 0 Å². The van der Waals surface area contributed by atoms with Crippen molar-refractivity contribution in [3.8, 4) is 0 Å².